The van der Waals surface area contributed by atoms with Gasteiger partial charge in [0.25, 0.3) is 11.8 Å². The first-order valence-electron chi connectivity index (χ1n) is 6.66. The third kappa shape index (κ3) is 2.18. The van der Waals surface area contributed by atoms with Crippen molar-refractivity contribution < 1.29 is 14.1 Å². The predicted octanol–water partition coefficient (Wildman–Crippen LogP) is 1.59. The SMILES string of the molecule is Cc1cc2c(cc1C)N(C(=O)c1cc(C(N)=O)no1)CC2. The summed E-state index contributed by atoms with van der Waals surface area (Å²) in [6.07, 6.45) is 0.805. The van der Waals surface area contributed by atoms with E-state index < -0.39 is 5.91 Å². The summed E-state index contributed by atoms with van der Waals surface area (Å²) in [6.45, 7) is 4.65. The summed E-state index contributed by atoms with van der Waals surface area (Å²) >= 11 is 0. The van der Waals surface area contributed by atoms with Crippen LogP contribution >= 0.6 is 0 Å². The van der Waals surface area contributed by atoms with E-state index in [1.54, 1.807) is 4.90 Å². The first-order valence-corrected chi connectivity index (χ1v) is 6.66. The molecule has 108 valence electrons. The van der Waals surface area contributed by atoms with Crippen LogP contribution in [0.4, 0.5) is 5.69 Å². The van der Waals surface area contributed by atoms with Gasteiger partial charge in [-0.05, 0) is 43.0 Å². The summed E-state index contributed by atoms with van der Waals surface area (Å²) < 4.78 is 4.93. The Kier molecular flexibility index (Phi) is 3.01. The number of carbonyl (C=O) groups is 2. The summed E-state index contributed by atoms with van der Waals surface area (Å²) in [6, 6.07) is 5.39. The first-order chi connectivity index (χ1) is 9.97. The molecule has 1 aromatic heterocycles. The van der Waals surface area contributed by atoms with Gasteiger partial charge < -0.3 is 15.2 Å². The maximum Gasteiger partial charge on any atom is 0.296 e. The van der Waals surface area contributed by atoms with Crippen molar-refractivity contribution in [2.45, 2.75) is 20.3 Å². The molecule has 0 spiro atoms. The molecule has 0 fully saturated rings. The molecule has 0 bridgehead atoms. The van der Waals surface area contributed by atoms with Gasteiger partial charge in [0, 0.05) is 18.3 Å². The first kappa shape index (κ1) is 13.4. The third-order valence-corrected chi connectivity index (χ3v) is 3.81. The van der Waals surface area contributed by atoms with Crippen molar-refractivity contribution in [1.82, 2.24) is 5.16 Å². The molecule has 2 amide bonds. The van der Waals surface area contributed by atoms with E-state index in [0.717, 1.165) is 23.2 Å². The summed E-state index contributed by atoms with van der Waals surface area (Å²) in [5, 5.41) is 3.50. The maximum atomic E-state index is 12.5. The molecule has 2 aromatic rings. The van der Waals surface area contributed by atoms with Crippen molar-refractivity contribution in [3.8, 4) is 0 Å². The van der Waals surface area contributed by atoms with Crippen molar-refractivity contribution in [3.63, 3.8) is 0 Å². The predicted molar refractivity (Wildman–Crippen MR) is 76.3 cm³/mol. The van der Waals surface area contributed by atoms with E-state index in [2.05, 4.69) is 18.1 Å². The molecule has 3 rings (SSSR count). The molecular formula is C15H15N3O3. The number of anilines is 1. The van der Waals surface area contributed by atoms with Gasteiger partial charge in [-0.25, -0.2) is 0 Å². The van der Waals surface area contributed by atoms with Crippen LogP contribution in [-0.4, -0.2) is 23.5 Å². The average Bonchev–Trinajstić information content (AvgIpc) is 3.05. The highest BCUT2D eigenvalue weighted by Gasteiger charge is 2.29. The van der Waals surface area contributed by atoms with Gasteiger partial charge in [0.15, 0.2) is 5.69 Å². The topological polar surface area (TPSA) is 89.4 Å². The number of hydrogen-bond acceptors (Lipinski definition) is 4. The molecule has 2 N–H and O–H groups in total. The second-order valence-corrected chi connectivity index (χ2v) is 5.21. The van der Waals surface area contributed by atoms with E-state index in [4.69, 9.17) is 10.3 Å². The Morgan fingerprint density at radius 1 is 1.24 bits per heavy atom. The molecule has 1 aromatic carbocycles. The van der Waals surface area contributed by atoms with Crippen LogP contribution in [0, 0.1) is 13.8 Å². The molecular weight excluding hydrogens is 270 g/mol. The van der Waals surface area contributed by atoms with Gasteiger partial charge >= 0.3 is 0 Å². The van der Waals surface area contributed by atoms with E-state index >= 15 is 0 Å². The number of fused-ring (bicyclic) bond motifs is 1. The molecule has 1 aliphatic rings. The molecule has 6 nitrogen and oxygen atoms in total. The minimum Gasteiger partial charge on any atom is -0.364 e. The summed E-state index contributed by atoms with van der Waals surface area (Å²) in [5.41, 5.74) is 9.43. The van der Waals surface area contributed by atoms with Gasteiger partial charge in [0.1, 0.15) is 0 Å². The molecule has 1 aliphatic heterocycles. The van der Waals surface area contributed by atoms with Crippen LogP contribution in [-0.2, 0) is 6.42 Å². The fraction of sp³-hybridized carbons (Fsp3) is 0.267. The number of rotatable bonds is 2. The highest BCUT2D eigenvalue weighted by Crippen LogP contribution is 2.31. The number of primary amides is 1. The van der Waals surface area contributed by atoms with Gasteiger partial charge in [-0.1, -0.05) is 11.2 Å². The molecule has 0 saturated carbocycles. The number of amides is 2. The highest BCUT2D eigenvalue weighted by molar-refractivity contribution is 6.06. The molecule has 0 unspecified atom stereocenters. The van der Waals surface area contributed by atoms with Gasteiger partial charge in [-0.3, -0.25) is 9.59 Å². The Morgan fingerprint density at radius 2 is 1.95 bits per heavy atom. The molecule has 0 saturated heterocycles. The van der Waals surface area contributed by atoms with Gasteiger partial charge in [-0.15, -0.1) is 0 Å². The molecule has 0 atom stereocenters. The molecule has 6 heteroatoms. The lowest BCUT2D eigenvalue weighted by molar-refractivity contribution is 0.0947. The smallest absolute Gasteiger partial charge is 0.296 e. The minimum atomic E-state index is -0.717. The Hall–Kier alpha value is -2.63. The standard InChI is InChI=1S/C15H15N3O3/c1-8-5-10-3-4-18(12(10)6-9(8)2)15(20)13-7-11(14(16)19)17-21-13/h5-7H,3-4H2,1-2H3,(H2,16,19). The van der Waals surface area contributed by atoms with E-state index in [9.17, 15) is 9.59 Å². The summed E-state index contributed by atoms with van der Waals surface area (Å²) in [7, 11) is 0. The monoisotopic (exact) mass is 285 g/mol. The minimum absolute atomic E-state index is 0.0230. The average molecular weight is 285 g/mol. The van der Waals surface area contributed by atoms with Crippen LogP contribution < -0.4 is 10.6 Å². The Bertz CT molecular complexity index is 749. The Morgan fingerprint density at radius 3 is 2.62 bits per heavy atom. The summed E-state index contributed by atoms with van der Waals surface area (Å²) in [4.78, 5) is 25.1. The lowest BCUT2D eigenvalue weighted by atomic mass is 10.0. The number of hydrogen-bond donors (Lipinski definition) is 1. The number of carbonyl (C=O) groups excluding carboxylic acids is 2. The largest absolute Gasteiger partial charge is 0.364 e. The van der Waals surface area contributed by atoms with Gasteiger partial charge in [-0.2, -0.15) is 0 Å². The van der Waals surface area contributed by atoms with Crippen LogP contribution in [0.5, 0.6) is 0 Å². The van der Waals surface area contributed by atoms with Crippen LogP contribution in [0.3, 0.4) is 0 Å². The van der Waals surface area contributed by atoms with E-state index in [-0.39, 0.29) is 17.4 Å². The quantitative estimate of drug-likeness (QED) is 0.907. The van der Waals surface area contributed by atoms with Gasteiger partial charge in [0.2, 0.25) is 5.76 Å². The maximum absolute atomic E-state index is 12.5. The second kappa shape index (κ2) is 4.73. The molecule has 2 heterocycles. The third-order valence-electron chi connectivity index (χ3n) is 3.81. The molecule has 0 aliphatic carbocycles. The van der Waals surface area contributed by atoms with Crippen molar-refractivity contribution >= 4 is 17.5 Å². The number of aromatic nitrogens is 1. The zero-order valence-electron chi connectivity index (χ0n) is 11.8. The number of benzene rings is 1. The highest BCUT2D eigenvalue weighted by atomic mass is 16.5. The van der Waals surface area contributed by atoms with E-state index in [0.29, 0.717) is 6.54 Å². The molecule has 0 radical (unpaired) electrons. The zero-order chi connectivity index (χ0) is 15.1. The van der Waals surface area contributed by atoms with Crippen LogP contribution in [0.2, 0.25) is 0 Å². The fourth-order valence-electron chi connectivity index (χ4n) is 2.50. The Labute approximate surface area is 121 Å². The summed E-state index contributed by atoms with van der Waals surface area (Å²) in [5.74, 6) is -1.00. The van der Waals surface area contributed by atoms with Crippen molar-refractivity contribution in [3.05, 3.63) is 46.3 Å². The number of nitrogens with two attached hydrogens (primary N) is 1. The van der Waals surface area contributed by atoms with E-state index in [1.807, 2.05) is 13.0 Å². The second-order valence-electron chi connectivity index (χ2n) is 5.21. The van der Waals surface area contributed by atoms with Crippen LogP contribution in [0.1, 0.15) is 37.7 Å². The number of aryl methyl sites for hydroxylation is 2. The lowest BCUT2D eigenvalue weighted by Gasteiger charge is -2.16. The van der Waals surface area contributed by atoms with Gasteiger partial charge in [0.05, 0.1) is 0 Å². The van der Waals surface area contributed by atoms with Crippen molar-refractivity contribution in [2.24, 2.45) is 5.73 Å². The Balaban J connectivity index is 1.94. The number of nitrogens with zero attached hydrogens (tertiary/aromatic N) is 2. The van der Waals surface area contributed by atoms with Crippen molar-refractivity contribution in [1.29, 1.82) is 0 Å². The van der Waals surface area contributed by atoms with E-state index in [1.165, 1.54) is 11.6 Å². The van der Waals surface area contributed by atoms with Crippen LogP contribution in [0.15, 0.2) is 22.7 Å². The van der Waals surface area contributed by atoms with Crippen molar-refractivity contribution in [2.75, 3.05) is 11.4 Å². The molecule has 21 heavy (non-hydrogen) atoms. The lowest BCUT2D eigenvalue weighted by Crippen LogP contribution is -2.28. The normalized spacial score (nSPS) is 13.3. The van der Waals surface area contributed by atoms with Crippen LogP contribution in [0.25, 0.3) is 0 Å². The fourth-order valence-corrected chi connectivity index (χ4v) is 2.50. The zero-order valence-corrected chi connectivity index (χ0v) is 11.8.